The van der Waals surface area contributed by atoms with Gasteiger partial charge in [-0.3, -0.25) is 4.79 Å². The molecule has 0 unspecified atom stereocenters. The van der Waals surface area contributed by atoms with Gasteiger partial charge in [-0.25, -0.2) is 0 Å². The van der Waals surface area contributed by atoms with Crippen LogP contribution >= 0.6 is 0 Å². The Labute approximate surface area is 130 Å². The van der Waals surface area contributed by atoms with Gasteiger partial charge in [0, 0.05) is 13.7 Å². The molecule has 0 N–H and O–H groups in total. The van der Waals surface area contributed by atoms with Gasteiger partial charge in [-0.2, -0.15) is 0 Å². The highest BCUT2D eigenvalue weighted by Gasteiger charge is 2.34. The minimum atomic E-state index is -0.0240. The summed E-state index contributed by atoms with van der Waals surface area (Å²) in [6.07, 6.45) is 0.829. The number of furan rings is 1. The van der Waals surface area contributed by atoms with Gasteiger partial charge in [0.2, 0.25) is 5.91 Å². The lowest BCUT2D eigenvalue weighted by atomic mass is 9.77. The Bertz CT molecular complexity index is 662. The highest BCUT2D eigenvalue weighted by molar-refractivity contribution is 5.86. The van der Waals surface area contributed by atoms with Crippen molar-refractivity contribution < 1.29 is 13.9 Å². The minimum Gasteiger partial charge on any atom is -0.464 e. The van der Waals surface area contributed by atoms with E-state index in [1.165, 1.54) is 5.56 Å². The van der Waals surface area contributed by atoms with E-state index >= 15 is 0 Å². The summed E-state index contributed by atoms with van der Waals surface area (Å²) in [4.78, 5) is 14.7. The van der Waals surface area contributed by atoms with Gasteiger partial charge in [-0.1, -0.05) is 24.3 Å². The van der Waals surface area contributed by atoms with Crippen LogP contribution in [-0.2, 0) is 22.5 Å². The van der Waals surface area contributed by atoms with E-state index < -0.39 is 0 Å². The molecule has 1 heterocycles. The summed E-state index contributed by atoms with van der Waals surface area (Å²) in [6, 6.07) is 12.0. The SMILES string of the molecule is COCCN(Cc1ccc(C)o1)C(=O)[C@H]1Cc2ccccc21. The van der Waals surface area contributed by atoms with E-state index in [-0.39, 0.29) is 11.8 Å². The van der Waals surface area contributed by atoms with E-state index in [1.807, 2.05) is 42.2 Å². The number of aryl methyl sites for hydroxylation is 1. The van der Waals surface area contributed by atoms with E-state index in [0.29, 0.717) is 19.7 Å². The number of rotatable bonds is 6. The van der Waals surface area contributed by atoms with Crippen LogP contribution in [0.15, 0.2) is 40.8 Å². The van der Waals surface area contributed by atoms with Crippen LogP contribution < -0.4 is 0 Å². The normalized spacial score (nSPS) is 16.0. The van der Waals surface area contributed by atoms with Gasteiger partial charge in [0.05, 0.1) is 19.1 Å². The largest absolute Gasteiger partial charge is 0.464 e. The maximum absolute atomic E-state index is 12.8. The molecule has 1 aromatic carbocycles. The van der Waals surface area contributed by atoms with Crippen LogP contribution in [0.1, 0.15) is 28.6 Å². The Morgan fingerprint density at radius 3 is 2.82 bits per heavy atom. The summed E-state index contributed by atoms with van der Waals surface area (Å²) in [5.74, 6) is 1.81. The van der Waals surface area contributed by atoms with Crippen LogP contribution in [0.2, 0.25) is 0 Å². The maximum atomic E-state index is 12.8. The molecule has 1 aromatic heterocycles. The monoisotopic (exact) mass is 299 g/mol. The topological polar surface area (TPSA) is 42.7 Å². The van der Waals surface area contributed by atoms with Crippen molar-refractivity contribution >= 4 is 5.91 Å². The molecule has 22 heavy (non-hydrogen) atoms. The van der Waals surface area contributed by atoms with Crippen molar-refractivity contribution in [2.45, 2.75) is 25.8 Å². The first-order valence-corrected chi connectivity index (χ1v) is 7.60. The Morgan fingerprint density at radius 1 is 1.32 bits per heavy atom. The van der Waals surface area contributed by atoms with Crippen molar-refractivity contribution in [2.24, 2.45) is 0 Å². The summed E-state index contributed by atoms with van der Waals surface area (Å²) < 4.78 is 10.8. The van der Waals surface area contributed by atoms with Gasteiger partial charge >= 0.3 is 0 Å². The molecule has 0 saturated heterocycles. The van der Waals surface area contributed by atoms with Gasteiger partial charge in [-0.15, -0.1) is 0 Å². The van der Waals surface area contributed by atoms with Crippen molar-refractivity contribution in [1.29, 1.82) is 0 Å². The second kappa shape index (κ2) is 6.36. The zero-order valence-corrected chi connectivity index (χ0v) is 13.0. The number of hydrogen-bond acceptors (Lipinski definition) is 3. The third kappa shape index (κ3) is 2.92. The lowest BCUT2D eigenvalue weighted by molar-refractivity contribution is -0.135. The second-order valence-corrected chi connectivity index (χ2v) is 5.72. The third-order valence-corrected chi connectivity index (χ3v) is 4.17. The maximum Gasteiger partial charge on any atom is 0.230 e. The molecule has 3 rings (SSSR count). The number of ether oxygens (including phenoxy) is 1. The molecule has 1 aliphatic rings. The molecule has 0 spiro atoms. The van der Waals surface area contributed by atoms with Crippen molar-refractivity contribution in [3.63, 3.8) is 0 Å². The van der Waals surface area contributed by atoms with Crippen LogP contribution in [0.5, 0.6) is 0 Å². The third-order valence-electron chi connectivity index (χ3n) is 4.17. The fourth-order valence-electron chi connectivity index (χ4n) is 2.93. The molecule has 4 heteroatoms. The summed E-state index contributed by atoms with van der Waals surface area (Å²) in [5, 5.41) is 0. The van der Waals surface area contributed by atoms with Gasteiger partial charge < -0.3 is 14.1 Å². The molecule has 1 aliphatic carbocycles. The number of fused-ring (bicyclic) bond motifs is 1. The Morgan fingerprint density at radius 2 is 2.14 bits per heavy atom. The van der Waals surface area contributed by atoms with Crippen LogP contribution in [0.25, 0.3) is 0 Å². The highest BCUT2D eigenvalue weighted by atomic mass is 16.5. The summed E-state index contributed by atoms with van der Waals surface area (Å²) >= 11 is 0. The zero-order chi connectivity index (χ0) is 15.5. The standard InChI is InChI=1S/C18H21NO3/c1-13-7-8-15(22-13)12-19(9-10-21-2)18(20)17-11-14-5-3-4-6-16(14)17/h3-8,17H,9-12H2,1-2H3/t17-/m0/s1. The lowest BCUT2D eigenvalue weighted by Crippen LogP contribution is -2.40. The average molecular weight is 299 g/mol. The predicted octanol–water partition coefficient (Wildman–Crippen LogP) is 2.90. The van der Waals surface area contributed by atoms with Gasteiger partial charge in [0.1, 0.15) is 11.5 Å². The average Bonchev–Trinajstić information content (AvgIpc) is 2.90. The fourth-order valence-corrected chi connectivity index (χ4v) is 2.93. The molecule has 116 valence electrons. The number of benzene rings is 1. The second-order valence-electron chi connectivity index (χ2n) is 5.72. The number of methoxy groups -OCH3 is 1. The minimum absolute atomic E-state index is 0.0240. The summed E-state index contributed by atoms with van der Waals surface area (Å²) in [7, 11) is 1.65. The number of amides is 1. The molecule has 2 aromatic rings. The lowest BCUT2D eigenvalue weighted by Gasteiger charge is -2.33. The molecular weight excluding hydrogens is 278 g/mol. The molecule has 0 fully saturated rings. The Hall–Kier alpha value is -2.07. The molecule has 4 nitrogen and oxygen atoms in total. The van der Waals surface area contributed by atoms with Crippen molar-refractivity contribution in [3.8, 4) is 0 Å². The van der Waals surface area contributed by atoms with E-state index in [0.717, 1.165) is 23.5 Å². The zero-order valence-electron chi connectivity index (χ0n) is 13.0. The van der Waals surface area contributed by atoms with Gasteiger partial charge in [0.15, 0.2) is 0 Å². The van der Waals surface area contributed by atoms with Crippen LogP contribution in [0, 0.1) is 6.92 Å². The molecule has 1 amide bonds. The van der Waals surface area contributed by atoms with Crippen LogP contribution in [0.3, 0.4) is 0 Å². The summed E-state index contributed by atoms with van der Waals surface area (Å²) in [6.45, 7) is 3.51. The first-order chi connectivity index (χ1) is 10.7. The summed E-state index contributed by atoms with van der Waals surface area (Å²) in [5.41, 5.74) is 2.44. The molecule has 0 radical (unpaired) electrons. The van der Waals surface area contributed by atoms with E-state index in [1.54, 1.807) is 7.11 Å². The molecule has 0 bridgehead atoms. The van der Waals surface area contributed by atoms with Crippen molar-refractivity contribution in [2.75, 3.05) is 20.3 Å². The van der Waals surface area contributed by atoms with E-state index in [4.69, 9.17) is 9.15 Å². The molecule has 0 saturated carbocycles. The van der Waals surface area contributed by atoms with Gasteiger partial charge in [-0.05, 0) is 36.6 Å². The molecule has 1 atom stereocenters. The first-order valence-electron chi connectivity index (χ1n) is 7.60. The smallest absolute Gasteiger partial charge is 0.230 e. The number of nitrogens with zero attached hydrogens (tertiary/aromatic N) is 1. The quantitative estimate of drug-likeness (QED) is 0.823. The molecule has 0 aliphatic heterocycles. The highest BCUT2D eigenvalue weighted by Crippen LogP contribution is 2.36. The van der Waals surface area contributed by atoms with E-state index in [9.17, 15) is 4.79 Å². The van der Waals surface area contributed by atoms with E-state index in [2.05, 4.69) is 6.07 Å². The number of hydrogen-bond donors (Lipinski definition) is 0. The van der Waals surface area contributed by atoms with Crippen LogP contribution in [0.4, 0.5) is 0 Å². The Kier molecular flexibility index (Phi) is 4.29. The first kappa shape index (κ1) is 14.9. The van der Waals surface area contributed by atoms with Crippen molar-refractivity contribution in [1.82, 2.24) is 4.90 Å². The van der Waals surface area contributed by atoms with Crippen LogP contribution in [-0.4, -0.2) is 31.1 Å². The molecular formula is C18H21NO3. The Balaban J connectivity index is 1.73. The number of carbonyl (C=O) groups is 1. The van der Waals surface area contributed by atoms with Gasteiger partial charge in [0.25, 0.3) is 0 Å². The number of carbonyl (C=O) groups excluding carboxylic acids is 1. The van der Waals surface area contributed by atoms with Crippen molar-refractivity contribution in [3.05, 3.63) is 59.0 Å². The fraction of sp³-hybridized carbons (Fsp3) is 0.389. The predicted molar refractivity (Wildman–Crippen MR) is 83.6 cm³/mol.